The molecule has 0 amide bonds. The lowest BCUT2D eigenvalue weighted by molar-refractivity contribution is 0.198. The summed E-state index contributed by atoms with van der Waals surface area (Å²) in [7, 11) is -4.81. The van der Waals surface area contributed by atoms with E-state index in [0.717, 1.165) is 0 Å². The molecule has 5 nitrogen and oxygen atoms in total. The lowest BCUT2D eigenvalue weighted by Gasteiger charge is -2.17. The molecule has 17 heavy (non-hydrogen) atoms. The largest absolute Gasteiger partial charge is 0.391 e. The molecule has 8 heteroatoms. The Balaban J connectivity index is 2.31. The highest BCUT2D eigenvalue weighted by Gasteiger charge is 2.23. The van der Waals surface area contributed by atoms with Crippen LogP contribution in [0.5, 0.6) is 0 Å². The van der Waals surface area contributed by atoms with Crippen LogP contribution in [0.3, 0.4) is 0 Å². The summed E-state index contributed by atoms with van der Waals surface area (Å²) in [6.07, 6.45) is 1.55. The van der Waals surface area contributed by atoms with Gasteiger partial charge in [-0.05, 0) is 28.4 Å². The average molecular weight is 325 g/mol. The molecule has 0 saturated carbocycles. The first kappa shape index (κ1) is 12.7. The molecular weight excluding hydrogens is 315 g/mol. The van der Waals surface area contributed by atoms with Crippen LogP contribution in [0.2, 0.25) is 0 Å². The smallest absolute Gasteiger partial charge is 0.350 e. The Kier molecular flexibility index (Phi) is 3.37. The number of halogens is 2. The van der Waals surface area contributed by atoms with Crippen LogP contribution in [0.25, 0.3) is 0 Å². The second-order valence-corrected chi connectivity index (χ2v) is 5.92. The molecule has 1 aliphatic heterocycles. The second kappa shape index (κ2) is 4.51. The summed E-state index contributed by atoms with van der Waals surface area (Å²) in [6.45, 7) is 1.13. The van der Waals surface area contributed by atoms with Crippen molar-refractivity contribution in [1.82, 2.24) is 4.98 Å². The molecule has 1 aromatic rings. The van der Waals surface area contributed by atoms with Gasteiger partial charge >= 0.3 is 10.2 Å². The highest BCUT2D eigenvalue weighted by atomic mass is 79.9. The van der Waals surface area contributed by atoms with Crippen LogP contribution in [-0.4, -0.2) is 37.7 Å². The number of β-amino-alcohol motifs (C(OH)–C–C–N with tert-alkyl or cyclic N) is 1. The summed E-state index contributed by atoms with van der Waals surface area (Å²) < 4.78 is 34.3. The van der Waals surface area contributed by atoms with Gasteiger partial charge in [-0.15, -0.1) is 0 Å². The van der Waals surface area contributed by atoms with E-state index in [-0.39, 0.29) is 4.47 Å². The molecule has 2 rings (SSSR count). The van der Waals surface area contributed by atoms with Crippen molar-refractivity contribution >= 4 is 31.8 Å². The quantitative estimate of drug-likeness (QED) is 0.824. The van der Waals surface area contributed by atoms with Crippen LogP contribution in [0.4, 0.5) is 9.57 Å². The summed E-state index contributed by atoms with van der Waals surface area (Å²) in [5, 5.41) is 8.76. The molecule has 0 unspecified atom stereocenters. The van der Waals surface area contributed by atoms with Crippen molar-refractivity contribution in [2.45, 2.75) is 17.6 Å². The Labute approximate surface area is 107 Å². The third kappa shape index (κ3) is 2.75. The summed E-state index contributed by atoms with van der Waals surface area (Å²) in [5.74, 6) is 0. The third-order valence-corrected chi connectivity index (χ3v) is 4.21. The second-order valence-electron chi connectivity index (χ2n) is 3.81. The van der Waals surface area contributed by atoms with Crippen molar-refractivity contribution in [3.05, 3.63) is 16.7 Å². The number of aliphatic hydroxyl groups excluding tert-OH is 1. The average Bonchev–Trinajstić information content (AvgIpc) is 2.62. The van der Waals surface area contributed by atoms with Gasteiger partial charge in [-0.3, -0.25) is 0 Å². The number of nitrogens with zero attached hydrogens (tertiary/aromatic N) is 2. The van der Waals surface area contributed by atoms with E-state index in [1.54, 1.807) is 0 Å². The summed E-state index contributed by atoms with van der Waals surface area (Å²) in [6, 6.07) is 1.48. The minimum absolute atomic E-state index is 0.0823. The highest BCUT2D eigenvalue weighted by Crippen LogP contribution is 2.27. The number of aromatic nitrogens is 1. The Morgan fingerprint density at radius 2 is 2.29 bits per heavy atom. The van der Waals surface area contributed by atoms with Gasteiger partial charge in [-0.25, -0.2) is 4.98 Å². The fraction of sp³-hybridized carbons (Fsp3) is 0.444. The minimum Gasteiger partial charge on any atom is -0.391 e. The Morgan fingerprint density at radius 1 is 1.59 bits per heavy atom. The maximum Gasteiger partial charge on any atom is 0.350 e. The van der Waals surface area contributed by atoms with E-state index < -0.39 is 21.4 Å². The molecule has 0 spiro atoms. The standard InChI is InChI=1S/C9H10BrFN2O3S/c10-8-3-6(13-2-1-7(14)5-13)4-12-9(8)17(11,15)16/h3-4,7,14H,1-2,5H2/t7-/m0/s1. The number of pyridine rings is 1. The third-order valence-electron chi connectivity index (χ3n) is 2.55. The van der Waals surface area contributed by atoms with Crippen molar-refractivity contribution in [3.63, 3.8) is 0 Å². The molecule has 1 aliphatic rings. The molecule has 0 radical (unpaired) electrons. The molecule has 0 bridgehead atoms. The fourth-order valence-electron chi connectivity index (χ4n) is 1.74. The summed E-state index contributed by atoms with van der Waals surface area (Å²) >= 11 is 2.97. The number of anilines is 1. The van der Waals surface area contributed by atoms with Gasteiger partial charge in [0.2, 0.25) is 5.03 Å². The fourth-order valence-corrected chi connectivity index (χ4v) is 3.13. The topological polar surface area (TPSA) is 70.5 Å². The molecule has 1 atom stereocenters. The molecular formula is C9H10BrFN2O3S. The number of hydrogen-bond donors (Lipinski definition) is 1. The van der Waals surface area contributed by atoms with Crippen LogP contribution in [0.1, 0.15) is 6.42 Å². The Hall–Kier alpha value is -0.730. The maximum absolute atomic E-state index is 12.8. The van der Waals surface area contributed by atoms with E-state index in [1.807, 2.05) is 4.90 Å². The predicted octanol–water partition coefficient (Wildman–Crippen LogP) is 1.07. The van der Waals surface area contributed by atoms with Crippen LogP contribution < -0.4 is 4.90 Å². The molecule has 1 fully saturated rings. The summed E-state index contributed by atoms with van der Waals surface area (Å²) in [4.78, 5) is 5.44. The van der Waals surface area contributed by atoms with E-state index in [1.165, 1.54) is 12.3 Å². The SMILES string of the molecule is O=S(=O)(F)c1ncc(N2CC[C@H](O)C2)cc1Br. The van der Waals surface area contributed by atoms with E-state index >= 15 is 0 Å². The van der Waals surface area contributed by atoms with Crippen LogP contribution in [0.15, 0.2) is 21.8 Å². The number of aliphatic hydroxyl groups is 1. The van der Waals surface area contributed by atoms with Crippen molar-refractivity contribution in [3.8, 4) is 0 Å². The van der Waals surface area contributed by atoms with Gasteiger partial charge in [-0.2, -0.15) is 8.42 Å². The lowest BCUT2D eigenvalue weighted by atomic mass is 10.3. The van der Waals surface area contributed by atoms with Crippen LogP contribution >= 0.6 is 15.9 Å². The summed E-state index contributed by atoms with van der Waals surface area (Å²) in [5.41, 5.74) is 0.654. The molecule has 1 saturated heterocycles. The van der Waals surface area contributed by atoms with E-state index in [2.05, 4.69) is 20.9 Å². The van der Waals surface area contributed by atoms with Gasteiger partial charge < -0.3 is 10.0 Å². The first-order valence-electron chi connectivity index (χ1n) is 4.91. The number of hydrogen-bond acceptors (Lipinski definition) is 5. The van der Waals surface area contributed by atoms with Gasteiger partial charge in [0.15, 0.2) is 0 Å². The van der Waals surface area contributed by atoms with Gasteiger partial charge in [0.1, 0.15) is 0 Å². The molecule has 0 aromatic carbocycles. The molecule has 1 aromatic heterocycles. The van der Waals surface area contributed by atoms with E-state index in [9.17, 15) is 17.4 Å². The first-order chi connectivity index (χ1) is 7.88. The molecule has 1 N–H and O–H groups in total. The maximum atomic E-state index is 12.8. The lowest BCUT2D eigenvalue weighted by Crippen LogP contribution is -2.21. The van der Waals surface area contributed by atoms with Crippen LogP contribution in [-0.2, 0) is 10.2 Å². The van der Waals surface area contributed by atoms with Crippen molar-refractivity contribution < 1.29 is 17.4 Å². The van der Waals surface area contributed by atoms with E-state index in [4.69, 9.17) is 0 Å². The van der Waals surface area contributed by atoms with Gasteiger partial charge in [0.05, 0.1) is 22.5 Å². The minimum atomic E-state index is -4.81. The monoisotopic (exact) mass is 324 g/mol. The van der Waals surface area contributed by atoms with Crippen molar-refractivity contribution in [2.75, 3.05) is 18.0 Å². The zero-order valence-corrected chi connectivity index (χ0v) is 11.1. The zero-order valence-electron chi connectivity index (χ0n) is 8.68. The van der Waals surface area contributed by atoms with Gasteiger partial charge in [-0.1, -0.05) is 3.89 Å². The van der Waals surface area contributed by atoms with Crippen molar-refractivity contribution in [1.29, 1.82) is 0 Å². The van der Waals surface area contributed by atoms with Gasteiger partial charge in [0, 0.05) is 13.1 Å². The molecule has 0 aliphatic carbocycles. The molecule has 2 heterocycles. The first-order valence-corrected chi connectivity index (χ1v) is 7.09. The Bertz CT molecular complexity index is 537. The van der Waals surface area contributed by atoms with E-state index in [0.29, 0.717) is 25.2 Å². The predicted molar refractivity (Wildman–Crippen MR) is 63.1 cm³/mol. The Morgan fingerprint density at radius 3 is 2.76 bits per heavy atom. The van der Waals surface area contributed by atoms with Crippen molar-refractivity contribution in [2.24, 2.45) is 0 Å². The molecule has 94 valence electrons. The normalized spacial score (nSPS) is 20.9. The zero-order chi connectivity index (χ0) is 12.6. The highest BCUT2D eigenvalue weighted by molar-refractivity contribution is 9.10. The number of rotatable bonds is 2. The van der Waals surface area contributed by atoms with Crippen LogP contribution in [0, 0.1) is 0 Å². The van der Waals surface area contributed by atoms with Gasteiger partial charge in [0.25, 0.3) is 0 Å².